The second kappa shape index (κ2) is 9.39. The number of carbonyl (C=O) groups is 2. The molecule has 1 aliphatic heterocycles. The van der Waals surface area contributed by atoms with Crippen LogP contribution in [0.1, 0.15) is 56.2 Å². The first-order valence-corrected chi connectivity index (χ1v) is 13.7. The summed E-state index contributed by atoms with van der Waals surface area (Å²) < 4.78 is 28.8. The summed E-state index contributed by atoms with van der Waals surface area (Å²) in [6.07, 6.45) is 3.07. The van der Waals surface area contributed by atoms with E-state index in [1.807, 2.05) is 39.8 Å². The van der Waals surface area contributed by atoms with E-state index in [4.69, 9.17) is 0 Å². The van der Waals surface area contributed by atoms with E-state index >= 15 is 0 Å². The molecule has 0 unspecified atom stereocenters. The molecule has 1 aliphatic carbocycles. The zero-order valence-corrected chi connectivity index (χ0v) is 22.0. The van der Waals surface area contributed by atoms with Crippen molar-refractivity contribution in [2.24, 2.45) is 11.8 Å². The SMILES string of the molecule is Cc1ccc(NC(=O)C2CCC(CNS(=O)(=O)c3ccc4c(c3)C(C)(C)C(=O)N4C)CC2)c(C)c1. The minimum Gasteiger partial charge on any atom is -0.326 e. The third kappa shape index (κ3) is 5.00. The van der Waals surface area contributed by atoms with Gasteiger partial charge in [-0.15, -0.1) is 0 Å². The molecule has 0 atom stereocenters. The molecule has 8 heteroatoms. The molecule has 1 saturated carbocycles. The van der Waals surface area contributed by atoms with Gasteiger partial charge in [0.05, 0.1) is 10.3 Å². The largest absolute Gasteiger partial charge is 0.326 e. The van der Waals surface area contributed by atoms with E-state index in [-0.39, 0.29) is 28.5 Å². The van der Waals surface area contributed by atoms with Crippen LogP contribution in [0.15, 0.2) is 41.3 Å². The Morgan fingerprint density at radius 3 is 2.40 bits per heavy atom. The number of likely N-dealkylation sites (N-methyl/N-ethyl adjacent to an activating group) is 1. The van der Waals surface area contributed by atoms with Crippen LogP contribution in [0.4, 0.5) is 11.4 Å². The normalized spacial score (nSPS) is 21.6. The molecular formula is C27H35N3O4S. The van der Waals surface area contributed by atoms with Crippen molar-refractivity contribution in [2.45, 2.75) is 63.7 Å². The van der Waals surface area contributed by atoms with E-state index in [2.05, 4.69) is 16.1 Å². The molecule has 35 heavy (non-hydrogen) atoms. The average Bonchev–Trinajstić information content (AvgIpc) is 2.99. The van der Waals surface area contributed by atoms with Gasteiger partial charge in [0, 0.05) is 30.9 Å². The van der Waals surface area contributed by atoms with Gasteiger partial charge in [0.25, 0.3) is 0 Å². The topological polar surface area (TPSA) is 95.6 Å². The number of amides is 2. The maximum atomic E-state index is 13.0. The number of hydrogen-bond acceptors (Lipinski definition) is 4. The number of nitrogens with zero attached hydrogens (tertiary/aromatic N) is 1. The minimum absolute atomic E-state index is 0.0382. The lowest BCUT2D eigenvalue weighted by Crippen LogP contribution is -2.34. The van der Waals surface area contributed by atoms with Gasteiger partial charge in [-0.3, -0.25) is 9.59 Å². The predicted molar refractivity (Wildman–Crippen MR) is 138 cm³/mol. The fourth-order valence-electron chi connectivity index (χ4n) is 5.25. The highest BCUT2D eigenvalue weighted by Crippen LogP contribution is 2.41. The van der Waals surface area contributed by atoms with Crippen LogP contribution in [0.25, 0.3) is 0 Å². The Hall–Kier alpha value is -2.71. The highest BCUT2D eigenvalue weighted by Gasteiger charge is 2.42. The molecule has 7 nitrogen and oxygen atoms in total. The van der Waals surface area contributed by atoms with Crippen molar-refractivity contribution in [1.82, 2.24) is 4.72 Å². The van der Waals surface area contributed by atoms with E-state index in [1.54, 1.807) is 30.1 Å². The molecule has 2 aliphatic rings. The molecule has 1 fully saturated rings. The maximum absolute atomic E-state index is 13.0. The number of nitrogens with one attached hydrogen (secondary N) is 2. The van der Waals surface area contributed by atoms with E-state index in [9.17, 15) is 18.0 Å². The van der Waals surface area contributed by atoms with Gasteiger partial charge in [-0.25, -0.2) is 13.1 Å². The minimum atomic E-state index is -3.70. The summed E-state index contributed by atoms with van der Waals surface area (Å²) in [7, 11) is -2.00. The van der Waals surface area contributed by atoms with E-state index < -0.39 is 15.4 Å². The van der Waals surface area contributed by atoms with E-state index in [0.29, 0.717) is 6.54 Å². The third-order valence-corrected chi connectivity index (χ3v) is 8.99. The van der Waals surface area contributed by atoms with Crippen LogP contribution in [0.3, 0.4) is 0 Å². The lowest BCUT2D eigenvalue weighted by Gasteiger charge is -2.28. The van der Waals surface area contributed by atoms with Crippen molar-refractivity contribution in [3.8, 4) is 0 Å². The lowest BCUT2D eigenvalue weighted by molar-refractivity contribution is -0.122. The Kier molecular flexibility index (Phi) is 6.81. The molecular weight excluding hydrogens is 462 g/mol. The van der Waals surface area contributed by atoms with Crippen molar-refractivity contribution in [1.29, 1.82) is 0 Å². The van der Waals surface area contributed by atoms with Gasteiger partial charge in [-0.05, 0) is 94.7 Å². The molecule has 2 amide bonds. The van der Waals surface area contributed by atoms with Gasteiger partial charge in [-0.1, -0.05) is 17.7 Å². The third-order valence-electron chi connectivity index (χ3n) is 7.57. The fourth-order valence-corrected chi connectivity index (χ4v) is 6.39. The van der Waals surface area contributed by atoms with Crippen LogP contribution in [0.2, 0.25) is 0 Å². The molecule has 1 heterocycles. The van der Waals surface area contributed by atoms with Crippen molar-refractivity contribution in [2.75, 3.05) is 23.8 Å². The molecule has 0 spiro atoms. The van der Waals surface area contributed by atoms with Gasteiger partial charge in [0.1, 0.15) is 0 Å². The molecule has 0 saturated heterocycles. The van der Waals surface area contributed by atoms with Crippen LogP contribution in [0.5, 0.6) is 0 Å². The molecule has 4 rings (SSSR count). The molecule has 0 radical (unpaired) electrons. The molecule has 2 aromatic carbocycles. The Morgan fingerprint density at radius 1 is 1.06 bits per heavy atom. The van der Waals surface area contributed by atoms with Crippen molar-refractivity contribution in [3.05, 3.63) is 53.1 Å². The lowest BCUT2D eigenvalue weighted by atomic mass is 9.81. The van der Waals surface area contributed by atoms with Crippen molar-refractivity contribution >= 4 is 33.2 Å². The summed E-state index contributed by atoms with van der Waals surface area (Å²) in [5, 5.41) is 3.06. The Labute approximate surface area is 208 Å². The summed E-state index contributed by atoms with van der Waals surface area (Å²) in [4.78, 5) is 27.0. The highest BCUT2D eigenvalue weighted by atomic mass is 32.2. The number of anilines is 2. The molecule has 2 N–H and O–H groups in total. The second-order valence-electron chi connectivity index (χ2n) is 10.5. The number of fused-ring (bicyclic) bond motifs is 1. The number of rotatable bonds is 6. The summed E-state index contributed by atoms with van der Waals surface area (Å²) >= 11 is 0. The number of aryl methyl sites for hydroxylation is 2. The first kappa shape index (κ1) is 25.4. The van der Waals surface area contributed by atoms with Crippen LogP contribution in [0, 0.1) is 25.7 Å². The maximum Gasteiger partial charge on any atom is 0.240 e. The smallest absolute Gasteiger partial charge is 0.240 e. The summed E-state index contributed by atoms with van der Waals surface area (Å²) in [5.74, 6) is 0.121. The molecule has 2 aromatic rings. The van der Waals surface area contributed by atoms with Gasteiger partial charge in [0.15, 0.2) is 0 Å². The summed E-state index contributed by atoms with van der Waals surface area (Å²) in [6, 6.07) is 10.9. The first-order valence-electron chi connectivity index (χ1n) is 12.2. The number of benzene rings is 2. The number of hydrogen-bond donors (Lipinski definition) is 2. The van der Waals surface area contributed by atoms with Crippen molar-refractivity contribution < 1.29 is 18.0 Å². The average molecular weight is 498 g/mol. The predicted octanol–water partition coefficient (Wildman–Crippen LogP) is 4.28. The standard InChI is InChI=1S/C27H35N3O4S/c1-17-6-12-23(18(2)14-17)29-25(31)20-9-7-19(8-10-20)16-28-35(33,34)21-11-13-24-22(15-21)27(3,4)26(32)30(24)5/h6,11-15,19-20,28H,7-10,16H2,1-5H3,(H,29,31). The van der Waals surface area contributed by atoms with Crippen molar-refractivity contribution in [3.63, 3.8) is 0 Å². The van der Waals surface area contributed by atoms with Gasteiger partial charge in [0.2, 0.25) is 21.8 Å². The van der Waals surface area contributed by atoms with Gasteiger partial charge >= 0.3 is 0 Å². The number of sulfonamides is 1. The monoisotopic (exact) mass is 497 g/mol. The second-order valence-corrected chi connectivity index (χ2v) is 12.3. The molecule has 188 valence electrons. The van der Waals surface area contributed by atoms with Crippen LogP contribution in [-0.2, 0) is 25.0 Å². The quantitative estimate of drug-likeness (QED) is 0.623. The zero-order valence-electron chi connectivity index (χ0n) is 21.1. The summed E-state index contributed by atoms with van der Waals surface area (Å²) in [5.41, 5.74) is 3.77. The fraction of sp³-hybridized carbons (Fsp3) is 0.481. The molecule has 0 bridgehead atoms. The van der Waals surface area contributed by atoms with Gasteiger partial charge < -0.3 is 10.2 Å². The highest BCUT2D eigenvalue weighted by molar-refractivity contribution is 7.89. The Morgan fingerprint density at radius 2 is 1.74 bits per heavy atom. The molecule has 0 aromatic heterocycles. The first-order chi connectivity index (χ1) is 16.4. The zero-order chi connectivity index (χ0) is 25.5. The van der Waals surface area contributed by atoms with Crippen LogP contribution in [-0.4, -0.2) is 33.8 Å². The van der Waals surface area contributed by atoms with Crippen LogP contribution < -0.4 is 14.9 Å². The number of carbonyl (C=O) groups excluding carboxylic acids is 2. The Balaban J connectivity index is 1.33. The summed E-state index contributed by atoms with van der Waals surface area (Å²) in [6.45, 7) is 7.99. The van der Waals surface area contributed by atoms with E-state index in [0.717, 1.165) is 53.7 Å². The van der Waals surface area contributed by atoms with Gasteiger partial charge in [-0.2, -0.15) is 0 Å². The Bertz CT molecular complexity index is 1260. The van der Waals surface area contributed by atoms with E-state index in [1.165, 1.54) is 0 Å². The van der Waals surface area contributed by atoms with Crippen LogP contribution >= 0.6 is 0 Å².